The van der Waals surface area contributed by atoms with Gasteiger partial charge in [0.2, 0.25) is 5.79 Å². The molecule has 2 fully saturated rings. The first-order valence-corrected chi connectivity index (χ1v) is 7.12. The fourth-order valence-electron chi connectivity index (χ4n) is 2.91. The van der Waals surface area contributed by atoms with Crippen LogP contribution in [0.25, 0.3) is 0 Å². The third-order valence-electron chi connectivity index (χ3n) is 4.40. The Kier molecular flexibility index (Phi) is 5.60. The van der Waals surface area contributed by atoms with Crippen molar-refractivity contribution < 1.29 is 50.3 Å². The SMILES string of the molecule is N[C@@H]1[C@@H](O)[C@@H](O)[C@@H](CO)OC1(O)C1O[C@H](CO)[C@H](O)[C@H](O)[C@H]1O. The highest BCUT2D eigenvalue weighted by Crippen LogP contribution is 2.36. The molecular weight excluding hydrogens is 318 g/mol. The van der Waals surface area contributed by atoms with E-state index in [9.17, 15) is 35.7 Å². The van der Waals surface area contributed by atoms with Crippen molar-refractivity contribution in [3.05, 3.63) is 0 Å². The molecule has 23 heavy (non-hydrogen) atoms. The molecule has 0 aromatic carbocycles. The van der Waals surface area contributed by atoms with E-state index < -0.39 is 73.9 Å². The molecular formula is C12H23NO10. The molecule has 0 aromatic rings. The lowest BCUT2D eigenvalue weighted by atomic mass is 9.82. The number of aliphatic hydroxyl groups excluding tert-OH is 7. The first-order valence-electron chi connectivity index (χ1n) is 7.12. The summed E-state index contributed by atoms with van der Waals surface area (Å²) in [6.07, 6.45) is -13.1. The second kappa shape index (κ2) is 6.82. The van der Waals surface area contributed by atoms with E-state index in [4.69, 9.17) is 20.3 Å². The quantitative estimate of drug-likeness (QED) is 0.236. The molecule has 11 heteroatoms. The van der Waals surface area contributed by atoms with Crippen molar-refractivity contribution in [1.82, 2.24) is 0 Å². The van der Waals surface area contributed by atoms with E-state index in [2.05, 4.69) is 0 Å². The Balaban J connectivity index is 2.33. The van der Waals surface area contributed by atoms with Gasteiger partial charge in [-0.2, -0.15) is 0 Å². The van der Waals surface area contributed by atoms with Gasteiger partial charge in [-0.25, -0.2) is 0 Å². The summed E-state index contributed by atoms with van der Waals surface area (Å²) in [7, 11) is 0. The molecule has 0 radical (unpaired) electrons. The van der Waals surface area contributed by atoms with Gasteiger partial charge >= 0.3 is 0 Å². The number of hydrogen-bond donors (Lipinski definition) is 9. The van der Waals surface area contributed by atoms with Crippen LogP contribution in [0.4, 0.5) is 0 Å². The van der Waals surface area contributed by atoms with Gasteiger partial charge in [0.25, 0.3) is 0 Å². The maximum Gasteiger partial charge on any atom is 0.213 e. The average molecular weight is 341 g/mol. The minimum absolute atomic E-state index is 0.735. The minimum atomic E-state index is -2.60. The highest BCUT2D eigenvalue weighted by Gasteiger charge is 2.61. The summed E-state index contributed by atoms with van der Waals surface area (Å²) in [5.74, 6) is -2.60. The molecule has 2 saturated heterocycles. The lowest BCUT2D eigenvalue weighted by Crippen LogP contribution is -2.77. The normalized spacial score (nSPS) is 54.9. The average Bonchev–Trinajstić information content (AvgIpc) is 2.54. The van der Waals surface area contributed by atoms with E-state index in [0.717, 1.165) is 0 Å². The van der Waals surface area contributed by atoms with Gasteiger partial charge in [0.15, 0.2) is 0 Å². The van der Waals surface area contributed by atoms with Gasteiger partial charge in [-0.3, -0.25) is 0 Å². The summed E-state index contributed by atoms with van der Waals surface area (Å²) < 4.78 is 10.3. The fourth-order valence-corrected chi connectivity index (χ4v) is 2.91. The Bertz CT molecular complexity index is 409. The molecule has 0 bridgehead atoms. The molecule has 0 saturated carbocycles. The molecule has 0 amide bonds. The summed E-state index contributed by atoms with van der Waals surface area (Å²) >= 11 is 0. The standard InChI is InChI=1S/C12H23NO10/c13-10-8(19)6(17)4(2-15)23-12(10,21)11-9(20)7(18)5(16)3(1-14)22-11/h3-11,14-21H,1-2,13H2/t3-,4-,5+,6+,7+,8+,9-,10-,11?,12?/m1/s1. The molecule has 136 valence electrons. The number of nitrogens with two attached hydrogens (primary N) is 1. The van der Waals surface area contributed by atoms with Crippen LogP contribution in [0, 0.1) is 0 Å². The molecule has 10 N–H and O–H groups in total. The van der Waals surface area contributed by atoms with Gasteiger partial charge in [0.05, 0.1) is 19.3 Å². The molecule has 0 spiro atoms. The molecule has 2 aliphatic rings. The summed E-state index contributed by atoms with van der Waals surface area (Å²) in [5, 5.41) is 78.2. The predicted molar refractivity (Wildman–Crippen MR) is 70.7 cm³/mol. The largest absolute Gasteiger partial charge is 0.394 e. The van der Waals surface area contributed by atoms with Gasteiger partial charge in [-0.15, -0.1) is 0 Å². The monoisotopic (exact) mass is 341 g/mol. The van der Waals surface area contributed by atoms with Gasteiger partial charge < -0.3 is 56.1 Å². The molecule has 2 unspecified atom stereocenters. The number of aliphatic hydroxyl groups is 8. The van der Waals surface area contributed by atoms with E-state index in [-0.39, 0.29) is 0 Å². The maximum absolute atomic E-state index is 10.7. The zero-order valence-electron chi connectivity index (χ0n) is 12.1. The zero-order chi connectivity index (χ0) is 17.5. The Morgan fingerprint density at radius 1 is 0.783 bits per heavy atom. The Morgan fingerprint density at radius 2 is 1.30 bits per heavy atom. The Hall–Kier alpha value is -0.440. The molecule has 0 aliphatic carbocycles. The Labute approximate surface area is 131 Å². The summed E-state index contributed by atoms with van der Waals surface area (Å²) in [6, 6.07) is -1.67. The van der Waals surface area contributed by atoms with Crippen LogP contribution in [-0.4, -0.2) is 115 Å². The topological polar surface area (TPSA) is 206 Å². The summed E-state index contributed by atoms with van der Waals surface area (Å²) in [5.41, 5.74) is 5.66. The molecule has 2 aliphatic heterocycles. The van der Waals surface area contributed by atoms with Crippen molar-refractivity contribution in [3.8, 4) is 0 Å². The first-order chi connectivity index (χ1) is 10.7. The third-order valence-corrected chi connectivity index (χ3v) is 4.40. The van der Waals surface area contributed by atoms with E-state index >= 15 is 0 Å². The smallest absolute Gasteiger partial charge is 0.213 e. The van der Waals surface area contributed by atoms with E-state index in [1.807, 2.05) is 0 Å². The van der Waals surface area contributed by atoms with Crippen LogP contribution in [0.3, 0.4) is 0 Å². The second-order valence-electron chi connectivity index (χ2n) is 5.85. The fraction of sp³-hybridized carbons (Fsp3) is 1.00. The number of hydrogen-bond acceptors (Lipinski definition) is 11. The summed E-state index contributed by atoms with van der Waals surface area (Å²) in [6.45, 7) is -1.51. The van der Waals surface area contributed by atoms with Crippen LogP contribution >= 0.6 is 0 Å². The molecule has 2 rings (SSSR count). The van der Waals surface area contributed by atoms with Crippen LogP contribution in [0.15, 0.2) is 0 Å². The van der Waals surface area contributed by atoms with Gasteiger partial charge in [-0.05, 0) is 0 Å². The highest BCUT2D eigenvalue weighted by molar-refractivity contribution is 5.07. The molecule has 2 heterocycles. The lowest BCUT2D eigenvalue weighted by Gasteiger charge is -2.53. The van der Waals surface area contributed by atoms with Gasteiger partial charge in [0, 0.05) is 0 Å². The van der Waals surface area contributed by atoms with Crippen LogP contribution in [0.1, 0.15) is 0 Å². The van der Waals surface area contributed by atoms with Crippen molar-refractivity contribution in [2.75, 3.05) is 13.2 Å². The zero-order valence-corrected chi connectivity index (χ0v) is 12.1. The third kappa shape index (κ3) is 2.99. The molecule has 10 atom stereocenters. The van der Waals surface area contributed by atoms with Crippen LogP contribution in [0.2, 0.25) is 0 Å². The first kappa shape index (κ1) is 18.9. The van der Waals surface area contributed by atoms with E-state index in [0.29, 0.717) is 0 Å². The predicted octanol–water partition coefficient (Wildman–Crippen LogP) is -6.04. The van der Waals surface area contributed by atoms with Crippen LogP contribution in [-0.2, 0) is 9.47 Å². The van der Waals surface area contributed by atoms with Gasteiger partial charge in [-0.1, -0.05) is 0 Å². The molecule has 0 aromatic heterocycles. The van der Waals surface area contributed by atoms with Crippen molar-refractivity contribution in [1.29, 1.82) is 0 Å². The maximum atomic E-state index is 10.7. The number of rotatable bonds is 3. The Morgan fingerprint density at radius 3 is 1.83 bits per heavy atom. The van der Waals surface area contributed by atoms with Crippen molar-refractivity contribution in [3.63, 3.8) is 0 Å². The van der Waals surface area contributed by atoms with E-state index in [1.54, 1.807) is 0 Å². The van der Waals surface area contributed by atoms with Crippen molar-refractivity contribution in [2.45, 2.75) is 60.7 Å². The molecule has 11 nitrogen and oxygen atoms in total. The second-order valence-corrected chi connectivity index (χ2v) is 5.85. The van der Waals surface area contributed by atoms with Crippen LogP contribution < -0.4 is 5.73 Å². The van der Waals surface area contributed by atoms with Crippen LogP contribution in [0.5, 0.6) is 0 Å². The minimum Gasteiger partial charge on any atom is -0.394 e. The van der Waals surface area contributed by atoms with Crippen molar-refractivity contribution >= 4 is 0 Å². The summed E-state index contributed by atoms with van der Waals surface area (Å²) in [4.78, 5) is 0. The highest BCUT2D eigenvalue weighted by atomic mass is 16.7. The van der Waals surface area contributed by atoms with Crippen molar-refractivity contribution in [2.24, 2.45) is 5.73 Å². The number of ether oxygens (including phenoxy) is 2. The van der Waals surface area contributed by atoms with E-state index in [1.165, 1.54) is 0 Å². The lowest BCUT2D eigenvalue weighted by molar-refractivity contribution is -0.382. The van der Waals surface area contributed by atoms with Gasteiger partial charge in [0.1, 0.15) is 48.8 Å².